The monoisotopic (exact) mass is 467 g/mol. The summed E-state index contributed by atoms with van der Waals surface area (Å²) in [5.74, 6) is -0.0178. The van der Waals surface area contributed by atoms with E-state index in [4.69, 9.17) is 10.2 Å². The van der Waals surface area contributed by atoms with Gasteiger partial charge in [0, 0.05) is 35.3 Å². The summed E-state index contributed by atoms with van der Waals surface area (Å²) in [5, 5.41) is 11.2. The number of aromatic nitrogens is 2. The molecule has 1 aromatic heterocycles. The third-order valence-corrected chi connectivity index (χ3v) is 6.07. The first-order valence-electron chi connectivity index (χ1n) is 11.6. The minimum absolute atomic E-state index is 0.285. The lowest BCUT2D eigenvalue weighted by atomic mass is 10.1. The number of carbonyl (C=O) groups excluding carboxylic acids is 2. The predicted octanol–water partition coefficient (Wildman–Crippen LogP) is 4.75. The fourth-order valence-electron chi connectivity index (χ4n) is 4.20. The highest BCUT2D eigenvalue weighted by atomic mass is 16.4. The van der Waals surface area contributed by atoms with Crippen LogP contribution in [0.3, 0.4) is 0 Å². The van der Waals surface area contributed by atoms with Crippen LogP contribution in [0.25, 0.3) is 22.9 Å². The number of hydrogen-bond donors (Lipinski definition) is 2. The molecule has 5 rings (SSSR count). The van der Waals surface area contributed by atoms with Crippen molar-refractivity contribution in [3.8, 4) is 22.9 Å². The first-order valence-corrected chi connectivity index (χ1v) is 11.6. The van der Waals surface area contributed by atoms with Gasteiger partial charge in [-0.2, -0.15) is 0 Å². The van der Waals surface area contributed by atoms with Crippen molar-refractivity contribution >= 4 is 23.2 Å². The second-order valence-corrected chi connectivity index (χ2v) is 8.45. The summed E-state index contributed by atoms with van der Waals surface area (Å²) in [6.07, 6.45) is 3.37. The van der Waals surface area contributed by atoms with Gasteiger partial charge in [-0.15, -0.1) is 10.2 Å². The highest BCUT2D eigenvalue weighted by molar-refractivity contribution is 6.07. The Kier molecular flexibility index (Phi) is 6.26. The maximum atomic E-state index is 13.1. The van der Waals surface area contributed by atoms with Crippen molar-refractivity contribution in [1.82, 2.24) is 10.2 Å². The number of benzene rings is 3. The molecule has 1 fully saturated rings. The number of amides is 2. The van der Waals surface area contributed by atoms with E-state index >= 15 is 0 Å². The summed E-state index contributed by atoms with van der Waals surface area (Å²) in [6, 6.07) is 21.7. The fraction of sp³-hybridized carbons (Fsp3) is 0.185. The molecule has 1 aliphatic heterocycles. The lowest BCUT2D eigenvalue weighted by Crippen LogP contribution is -2.30. The van der Waals surface area contributed by atoms with Crippen molar-refractivity contribution in [1.29, 1.82) is 0 Å². The number of anilines is 2. The molecule has 2 heterocycles. The Balaban J connectivity index is 1.35. The van der Waals surface area contributed by atoms with Crippen LogP contribution < -0.4 is 16.0 Å². The van der Waals surface area contributed by atoms with E-state index in [2.05, 4.69) is 20.4 Å². The maximum Gasteiger partial charge on any atom is 0.255 e. The van der Waals surface area contributed by atoms with Crippen molar-refractivity contribution in [2.24, 2.45) is 5.73 Å². The normalized spacial score (nSPS) is 13.4. The number of primary amides is 1. The number of piperidine rings is 1. The van der Waals surface area contributed by atoms with Crippen LogP contribution in [-0.4, -0.2) is 35.1 Å². The van der Waals surface area contributed by atoms with Crippen LogP contribution in [0.4, 0.5) is 11.4 Å². The minimum atomic E-state index is -0.538. The van der Waals surface area contributed by atoms with Gasteiger partial charge in [-0.3, -0.25) is 9.59 Å². The first kappa shape index (κ1) is 22.3. The zero-order valence-electron chi connectivity index (χ0n) is 19.1. The molecular formula is C27H25N5O3. The van der Waals surface area contributed by atoms with Gasteiger partial charge in [-0.05, 0) is 73.9 Å². The summed E-state index contributed by atoms with van der Waals surface area (Å²) >= 11 is 0. The zero-order chi connectivity index (χ0) is 24.2. The lowest BCUT2D eigenvalue weighted by molar-refractivity contribution is 0.0996. The molecule has 8 heteroatoms. The Bertz CT molecular complexity index is 1340. The first-order chi connectivity index (χ1) is 17.1. The van der Waals surface area contributed by atoms with Crippen LogP contribution in [0.1, 0.15) is 40.0 Å². The van der Waals surface area contributed by atoms with Crippen LogP contribution in [0.5, 0.6) is 0 Å². The molecule has 0 saturated carbocycles. The van der Waals surface area contributed by atoms with Gasteiger partial charge in [-0.1, -0.05) is 18.2 Å². The van der Waals surface area contributed by atoms with E-state index in [1.54, 1.807) is 36.4 Å². The molecule has 0 unspecified atom stereocenters. The Morgan fingerprint density at radius 2 is 1.43 bits per heavy atom. The van der Waals surface area contributed by atoms with Gasteiger partial charge in [0.05, 0.1) is 11.4 Å². The Morgan fingerprint density at radius 1 is 0.800 bits per heavy atom. The number of nitrogens with zero attached hydrogens (tertiary/aromatic N) is 3. The number of hydrogen-bond acceptors (Lipinski definition) is 6. The number of nitrogens with two attached hydrogens (primary N) is 1. The standard InChI is InChI=1S/C27H25N5O3/c28-24(33)21-13-14-23(32-15-5-2-6-16-32)22(17-21)29-25(34)18-9-11-20(12-10-18)27-31-30-26(35-27)19-7-3-1-4-8-19/h1,3-4,7-14,17H,2,5-6,15-16H2,(H2,28,33)(H,29,34). The third-order valence-electron chi connectivity index (χ3n) is 6.07. The maximum absolute atomic E-state index is 13.1. The molecule has 0 atom stereocenters. The number of rotatable bonds is 6. The highest BCUT2D eigenvalue weighted by Gasteiger charge is 2.18. The molecule has 176 valence electrons. The Hall–Kier alpha value is -4.46. The number of nitrogens with one attached hydrogen (secondary N) is 1. The van der Waals surface area contributed by atoms with E-state index in [0.29, 0.717) is 34.2 Å². The van der Waals surface area contributed by atoms with Crippen LogP contribution in [-0.2, 0) is 0 Å². The molecule has 2 amide bonds. The van der Waals surface area contributed by atoms with Crippen molar-refractivity contribution in [3.63, 3.8) is 0 Å². The molecule has 8 nitrogen and oxygen atoms in total. The second kappa shape index (κ2) is 9.80. The fourth-order valence-corrected chi connectivity index (χ4v) is 4.20. The molecule has 4 aromatic rings. The summed E-state index contributed by atoms with van der Waals surface area (Å²) in [4.78, 5) is 27.0. The van der Waals surface area contributed by atoms with Gasteiger partial charge in [0.15, 0.2) is 0 Å². The van der Waals surface area contributed by atoms with Crippen LogP contribution in [0.15, 0.2) is 77.2 Å². The molecular weight excluding hydrogens is 442 g/mol. The average Bonchev–Trinajstić information content (AvgIpc) is 3.40. The Labute approximate surface area is 202 Å². The van der Waals surface area contributed by atoms with Crippen LogP contribution in [0, 0.1) is 0 Å². The average molecular weight is 468 g/mol. The van der Waals surface area contributed by atoms with Crippen LogP contribution >= 0.6 is 0 Å². The van der Waals surface area contributed by atoms with Gasteiger partial charge in [-0.25, -0.2) is 0 Å². The summed E-state index contributed by atoms with van der Waals surface area (Å²) in [6.45, 7) is 1.81. The van der Waals surface area contributed by atoms with E-state index in [1.807, 2.05) is 36.4 Å². The van der Waals surface area contributed by atoms with Crippen molar-refractivity contribution in [2.45, 2.75) is 19.3 Å². The van der Waals surface area contributed by atoms with Gasteiger partial charge in [0.25, 0.3) is 5.91 Å². The van der Waals surface area contributed by atoms with Crippen molar-refractivity contribution in [2.75, 3.05) is 23.3 Å². The largest absolute Gasteiger partial charge is 0.416 e. The molecule has 1 saturated heterocycles. The molecule has 0 aliphatic carbocycles. The van der Waals surface area contributed by atoms with E-state index in [9.17, 15) is 9.59 Å². The van der Waals surface area contributed by atoms with Gasteiger partial charge < -0.3 is 20.4 Å². The molecule has 35 heavy (non-hydrogen) atoms. The molecule has 0 radical (unpaired) electrons. The smallest absolute Gasteiger partial charge is 0.255 e. The van der Waals surface area contributed by atoms with Gasteiger partial charge >= 0.3 is 0 Å². The van der Waals surface area contributed by atoms with Gasteiger partial charge in [0.1, 0.15) is 0 Å². The van der Waals surface area contributed by atoms with Crippen molar-refractivity contribution < 1.29 is 14.0 Å². The van der Waals surface area contributed by atoms with Gasteiger partial charge in [0.2, 0.25) is 17.7 Å². The predicted molar refractivity (Wildman–Crippen MR) is 134 cm³/mol. The van der Waals surface area contributed by atoms with E-state index in [1.165, 1.54) is 6.42 Å². The molecule has 0 spiro atoms. The zero-order valence-corrected chi connectivity index (χ0v) is 19.1. The molecule has 0 bridgehead atoms. The van der Waals surface area contributed by atoms with E-state index in [0.717, 1.165) is 37.2 Å². The quantitative estimate of drug-likeness (QED) is 0.423. The van der Waals surface area contributed by atoms with Crippen molar-refractivity contribution in [3.05, 3.63) is 83.9 Å². The molecule has 3 N–H and O–H groups in total. The van der Waals surface area contributed by atoms with E-state index < -0.39 is 5.91 Å². The highest BCUT2D eigenvalue weighted by Crippen LogP contribution is 2.30. The topological polar surface area (TPSA) is 114 Å². The summed E-state index contributed by atoms with van der Waals surface area (Å²) < 4.78 is 5.80. The molecule has 3 aromatic carbocycles. The summed E-state index contributed by atoms with van der Waals surface area (Å²) in [7, 11) is 0. The number of carbonyl (C=O) groups is 2. The third kappa shape index (κ3) is 4.91. The second-order valence-electron chi connectivity index (χ2n) is 8.45. The SMILES string of the molecule is NC(=O)c1ccc(N2CCCCC2)c(NC(=O)c2ccc(-c3nnc(-c4ccccc4)o3)cc2)c1. The summed E-state index contributed by atoms with van der Waals surface area (Å²) in [5.41, 5.74) is 9.30. The van der Waals surface area contributed by atoms with E-state index in [-0.39, 0.29) is 5.91 Å². The minimum Gasteiger partial charge on any atom is -0.416 e. The molecule has 1 aliphatic rings. The van der Waals surface area contributed by atoms with Crippen LogP contribution in [0.2, 0.25) is 0 Å². The lowest BCUT2D eigenvalue weighted by Gasteiger charge is -2.30. The Morgan fingerprint density at radius 3 is 2.09 bits per heavy atom.